The monoisotopic (exact) mass is 482 g/mol. The molecule has 0 aliphatic heterocycles. The predicted octanol–water partition coefficient (Wildman–Crippen LogP) is 5.24. The maximum Gasteiger partial charge on any atom is 0.416 e. The van der Waals surface area contributed by atoms with Crippen LogP contribution < -0.4 is 10.6 Å². The summed E-state index contributed by atoms with van der Waals surface area (Å²) in [5.74, 6) is -1.03. The highest BCUT2D eigenvalue weighted by Crippen LogP contribution is 2.32. The standard InChI is InChI=1S/C22H21F3N2O5S/c23-22(24,25)14-3-5-16(6-4-14)27-21(31)32-12-11-18(20(29)30)33-17-9-7-15(8-10-17)26-19(28)13-1-2-13/h3-10,13,18H,1-2,11-12H2,(H,26,28)(H,27,31)(H,29,30). The van der Waals surface area contributed by atoms with Gasteiger partial charge in [0.2, 0.25) is 5.91 Å². The number of carbonyl (C=O) groups is 3. The van der Waals surface area contributed by atoms with Gasteiger partial charge < -0.3 is 15.2 Å². The molecule has 3 N–H and O–H groups in total. The highest BCUT2D eigenvalue weighted by molar-refractivity contribution is 8.00. The summed E-state index contributed by atoms with van der Waals surface area (Å²) < 4.78 is 42.7. The van der Waals surface area contributed by atoms with Crippen molar-refractivity contribution < 1.29 is 37.4 Å². The van der Waals surface area contributed by atoms with E-state index in [9.17, 15) is 32.7 Å². The average molecular weight is 482 g/mol. The molecule has 3 rings (SSSR count). The molecule has 1 unspecified atom stereocenters. The highest BCUT2D eigenvalue weighted by atomic mass is 32.2. The summed E-state index contributed by atoms with van der Waals surface area (Å²) in [5.41, 5.74) is -0.0986. The third kappa shape index (κ3) is 7.70. The van der Waals surface area contributed by atoms with Crippen LogP contribution in [0.25, 0.3) is 0 Å². The van der Waals surface area contributed by atoms with Crippen LogP contribution in [0.2, 0.25) is 0 Å². The minimum absolute atomic E-state index is 0.0145. The summed E-state index contributed by atoms with van der Waals surface area (Å²) in [6, 6.07) is 10.6. The number of hydrogen-bond donors (Lipinski definition) is 3. The number of alkyl halides is 3. The summed E-state index contributed by atoms with van der Waals surface area (Å²) in [5, 5.41) is 13.6. The zero-order valence-corrected chi connectivity index (χ0v) is 18.0. The lowest BCUT2D eigenvalue weighted by Crippen LogP contribution is -2.21. The van der Waals surface area contributed by atoms with Crippen molar-refractivity contribution in [1.29, 1.82) is 0 Å². The highest BCUT2D eigenvalue weighted by Gasteiger charge is 2.30. The van der Waals surface area contributed by atoms with Crippen LogP contribution in [-0.4, -0.2) is 34.9 Å². The molecule has 7 nitrogen and oxygen atoms in total. The molecule has 2 amide bonds. The number of ether oxygens (including phenoxy) is 1. The number of aliphatic carboxylic acids is 1. The van der Waals surface area contributed by atoms with E-state index >= 15 is 0 Å². The molecular formula is C22H21F3N2O5S. The molecule has 1 fully saturated rings. The van der Waals surface area contributed by atoms with E-state index in [1.54, 1.807) is 24.3 Å². The van der Waals surface area contributed by atoms with Crippen molar-refractivity contribution in [3.63, 3.8) is 0 Å². The van der Waals surface area contributed by atoms with Gasteiger partial charge in [-0.1, -0.05) is 0 Å². The van der Waals surface area contributed by atoms with E-state index in [1.165, 1.54) is 0 Å². The number of carbonyl (C=O) groups excluding carboxylic acids is 2. The normalized spacial score (nSPS) is 14.3. The van der Waals surface area contributed by atoms with Gasteiger partial charge in [-0.3, -0.25) is 14.9 Å². The Bertz CT molecular complexity index is 993. The van der Waals surface area contributed by atoms with E-state index in [0.717, 1.165) is 48.9 Å². The van der Waals surface area contributed by atoms with Crippen LogP contribution in [-0.2, 0) is 20.5 Å². The molecule has 11 heteroatoms. The van der Waals surface area contributed by atoms with Gasteiger partial charge in [0.15, 0.2) is 0 Å². The number of rotatable bonds is 9. The Balaban J connectivity index is 1.44. The summed E-state index contributed by atoms with van der Waals surface area (Å²) in [7, 11) is 0. The van der Waals surface area contributed by atoms with Gasteiger partial charge >= 0.3 is 18.2 Å². The summed E-state index contributed by atoms with van der Waals surface area (Å²) >= 11 is 1.07. The number of anilines is 2. The fraction of sp³-hybridized carbons (Fsp3) is 0.318. The molecule has 1 atom stereocenters. The molecule has 1 aliphatic rings. The molecule has 0 aromatic heterocycles. The van der Waals surface area contributed by atoms with E-state index in [-0.39, 0.29) is 30.5 Å². The Morgan fingerprint density at radius 1 is 1.00 bits per heavy atom. The Labute approximate surface area is 191 Å². The molecule has 176 valence electrons. The molecule has 0 radical (unpaired) electrons. The third-order valence-corrected chi connectivity index (χ3v) is 5.96. The second kappa shape index (κ2) is 10.6. The first-order valence-electron chi connectivity index (χ1n) is 10.0. The summed E-state index contributed by atoms with van der Waals surface area (Å²) in [6.45, 7) is -0.202. The first-order valence-corrected chi connectivity index (χ1v) is 10.9. The minimum Gasteiger partial charge on any atom is -0.480 e. The van der Waals surface area contributed by atoms with Gasteiger partial charge in [0, 0.05) is 28.6 Å². The third-order valence-electron chi connectivity index (χ3n) is 4.70. The van der Waals surface area contributed by atoms with E-state index in [1.807, 2.05) is 0 Å². The minimum atomic E-state index is -4.48. The van der Waals surface area contributed by atoms with Crippen molar-refractivity contribution in [2.45, 2.75) is 35.6 Å². The summed E-state index contributed by atoms with van der Waals surface area (Å²) in [4.78, 5) is 35.8. The van der Waals surface area contributed by atoms with Crippen LogP contribution in [0, 0.1) is 5.92 Å². The number of carboxylic acids is 1. The smallest absolute Gasteiger partial charge is 0.416 e. The number of amides is 2. The molecule has 0 heterocycles. The topological polar surface area (TPSA) is 105 Å². The van der Waals surface area contributed by atoms with E-state index in [4.69, 9.17) is 4.74 Å². The SMILES string of the molecule is O=C(Nc1ccc(C(F)(F)F)cc1)OCCC(Sc1ccc(NC(=O)C2CC2)cc1)C(=O)O. The van der Waals surface area contributed by atoms with Crippen LogP contribution in [0.15, 0.2) is 53.4 Å². The molecule has 33 heavy (non-hydrogen) atoms. The van der Waals surface area contributed by atoms with Crippen molar-refractivity contribution in [1.82, 2.24) is 0 Å². The Morgan fingerprint density at radius 3 is 2.12 bits per heavy atom. The number of hydrogen-bond acceptors (Lipinski definition) is 5. The van der Waals surface area contributed by atoms with Crippen molar-refractivity contribution >= 4 is 41.1 Å². The van der Waals surface area contributed by atoms with Crippen LogP contribution in [0.3, 0.4) is 0 Å². The van der Waals surface area contributed by atoms with Crippen molar-refractivity contribution in [3.05, 3.63) is 54.1 Å². The Hall–Kier alpha value is -3.21. The lowest BCUT2D eigenvalue weighted by Gasteiger charge is -2.13. The fourth-order valence-electron chi connectivity index (χ4n) is 2.76. The lowest BCUT2D eigenvalue weighted by molar-refractivity contribution is -0.138. The first kappa shape index (κ1) is 24.4. The largest absolute Gasteiger partial charge is 0.480 e. The number of benzene rings is 2. The second-order valence-corrected chi connectivity index (χ2v) is 8.63. The zero-order valence-electron chi connectivity index (χ0n) is 17.2. The molecule has 0 spiro atoms. The van der Waals surface area contributed by atoms with E-state index in [2.05, 4.69) is 10.6 Å². The van der Waals surface area contributed by atoms with Gasteiger partial charge in [-0.05, 0) is 61.4 Å². The maximum atomic E-state index is 12.6. The Morgan fingerprint density at radius 2 is 1.58 bits per heavy atom. The van der Waals surface area contributed by atoms with Gasteiger partial charge in [0.25, 0.3) is 0 Å². The maximum absolute atomic E-state index is 12.6. The van der Waals surface area contributed by atoms with Crippen LogP contribution in [0.4, 0.5) is 29.3 Å². The second-order valence-electron chi connectivity index (χ2n) is 7.36. The molecule has 0 saturated heterocycles. The molecule has 0 bridgehead atoms. The quantitative estimate of drug-likeness (QED) is 0.423. The van der Waals surface area contributed by atoms with Gasteiger partial charge in [-0.2, -0.15) is 13.2 Å². The Kier molecular flexibility index (Phi) is 7.85. The van der Waals surface area contributed by atoms with Crippen molar-refractivity contribution in [2.24, 2.45) is 5.92 Å². The van der Waals surface area contributed by atoms with Gasteiger partial charge in [-0.15, -0.1) is 11.8 Å². The van der Waals surface area contributed by atoms with Crippen LogP contribution in [0.1, 0.15) is 24.8 Å². The van der Waals surface area contributed by atoms with E-state index < -0.39 is 29.1 Å². The lowest BCUT2D eigenvalue weighted by atomic mass is 10.2. The van der Waals surface area contributed by atoms with Crippen molar-refractivity contribution in [3.8, 4) is 0 Å². The predicted molar refractivity (Wildman–Crippen MR) is 116 cm³/mol. The number of thioether (sulfide) groups is 1. The van der Waals surface area contributed by atoms with Gasteiger partial charge in [-0.25, -0.2) is 4.79 Å². The van der Waals surface area contributed by atoms with Gasteiger partial charge in [0.1, 0.15) is 5.25 Å². The number of nitrogens with one attached hydrogen (secondary N) is 2. The summed E-state index contributed by atoms with van der Waals surface area (Å²) in [6.07, 6.45) is -3.58. The van der Waals surface area contributed by atoms with Crippen molar-refractivity contribution in [2.75, 3.05) is 17.2 Å². The first-order chi connectivity index (χ1) is 15.6. The number of halogens is 3. The van der Waals surface area contributed by atoms with Gasteiger partial charge in [0.05, 0.1) is 12.2 Å². The van der Waals surface area contributed by atoms with Crippen LogP contribution >= 0.6 is 11.8 Å². The number of carboxylic acid groups (broad SMARTS) is 1. The molecule has 2 aromatic carbocycles. The molecule has 1 aliphatic carbocycles. The zero-order chi connectivity index (χ0) is 24.0. The van der Waals surface area contributed by atoms with Crippen LogP contribution in [0.5, 0.6) is 0 Å². The molecular weight excluding hydrogens is 461 g/mol. The fourth-order valence-corrected chi connectivity index (χ4v) is 3.70. The van der Waals surface area contributed by atoms with E-state index in [0.29, 0.717) is 10.6 Å². The molecule has 1 saturated carbocycles. The average Bonchev–Trinajstić information content (AvgIpc) is 3.59. The molecule has 2 aromatic rings.